The van der Waals surface area contributed by atoms with Gasteiger partial charge in [0.2, 0.25) is 5.89 Å². The second-order valence-electron chi connectivity index (χ2n) is 6.97. The predicted molar refractivity (Wildman–Crippen MR) is 95.9 cm³/mol. The quantitative estimate of drug-likeness (QED) is 0.634. The van der Waals surface area contributed by atoms with E-state index in [1.165, 1.54) is 19.3 Å². The molecule has 2 N–H and O–H groups in total. The molecule has 1 saturated carbocycles. The van der Waals surface area contributed by atoms with Gasteiger partial charge in [-0.3, -0.25) is 0 Å². The molecule has 0 amide bonds. The number of rotatable bonds is 5. The van der Waals surface area contributed by atoms with Gasteiger partial charge in [0.25, 0.3) is 0 Å². The van der Waals surface area contributed by atoms with Crippen LogP contribution in [0.25, 0.3) is 0 Å². The molecule has 1 aromatic heterocycles. The fourth-order valence-corrected chi connectivity index (χ4v) is 3.37. The van der Waals surface area contributed by atoms with Crippen LogP contribution in [0, 0.1) is 0 Å². The second-order valence-corrected chi connectivity index (χ2v) is 8.11. The van der Waals surface area contributed by atoms with Gasteiger partial charge in [-0.05, 0) is 32.4 Å². The third-order valence-corrected chi connectivity index (χ3v) is 4.99. The SMILES string of the molecule is CCNC(=NCc1noc(C(C)(C)C)n1)NC1CCC(SC)C1. The van der Waals surface area contributed by atoms with Crippen molar-refractivity contribution in [2.24, 2.45) is 4.99 Å². The molecule has 0 bridgehead atoms. The number of hydrogen-bond acceptors (Lipinski definition) is 5. The van der Waals surface area contributed by atoms with Crippen molar-refractivity contribution in [3.63, 3.8) is 0 Å². The molecule has 0 aliphatic heterocycles. The predicted octanol–water partition coefficient (Wildman–Crippen LogP) is 2.71. The maximum absolute atomic E-state index is 5.31. The molecule has 0 saturated heterocycles. The van der Waals surface area contributed by atoms with Gasteiger partial charge in [0.05, 0.1) is 0 Å². The van der Waals surface area contributed by atoms with E-state index < -0.39 is 0 Å². The van der Waals surface area contributed by atoms with Gasteiger partial charge < -0.3 is 15.2 Å². The van der Waals surface area contributed by atoms with E-state index in [9.17, 15) is 0 Å². The normalized spacial score (nSPS) is 22.4. The van der Waals surface area contributed by atoms with Crippen LogP contribution in [0.1, 0.15) is 58.7 Å². The Morgan fingerprint density at radius 2 is 2.17 bits per heavy atom. The molecule has 7 heteroatoms. The molecular formula is C16H29N5OS. The van der Waals surface area contributed by atoms with Gasteiger partial charge in [-0.1, -0.05) is 25.9 Å². The first kappa shape index (κ1) is 18.1. The van der Waals surface area contributed by atoms with Crippen LogP contribution in [0.5, 0.6) is 0 Å². The molecule has 1 aliphatic rings. The van der Waals surface area contributed by atoms with E-state index in [1.54, 1.807) is 0 Å². The lowest BCUT2D eigenvalue weighted by Crippen LogP contribution is -2.42. The minimum absolute atomic E-state index is 0.131. The van der Waals surface area contributed by atoms with E-state index in [-0.39, 0.29) is 5.41 Å². The molecule has 0 spiro atoms. The molecule has 1 heterocycles. The average Bonchev–Trinajstić information content (AvgIpc) is 3.13. The molecule has 2 atom stereocenters. The summed E-state index contributed by atoms with van der Waals surface area (Å²) in [5.41, 5.74) is -0.131. The smallest absolute Gasteiger partial charge is 0.232 e. The van der Waals surface area contributed by atoms with Crippen LogP contribution in [-0.4, -0.2) is 40.2 Å². The van der Waals surface area contributed by atoms with E-state index in [0.717, 1.165) is 17.8 Å². The Bertz CT molecular complexity index is 523. The van der Waals surface area contributed by atoms with Gasteiger partial charge in [0, 0.05) is 23.3 Å². The van der Waals surface area contributed by atoms with Crippen molar-refractivity contribution in [2.75, 3.05) is 12.8 Å². The van der Waals surface area contributed by atoms with Gasteiger partial charge in [0.1, 0.15) is 6.54 Å². The first-order valence-electron chi connectivity index (χ1n) is 8.33. The van der Waals surface area contributed by atoms with Gasteiger partial charge in [-0.15, -0.1) is 0 Å². The minimum atomic E-state index is -0.131. The molecule has 130 valence electrons. The fourth-order valence-electron chi connectivity index (χ4n) is 2.57. The highest BCUT2D eigenvalue weighted by Gasteiger charge is 2.25. The monoisotopic (exact) mass is 339 g/mol. The number of nitrogens with zero attached hydrogens (tertiary/aromatic N) is 3. The zero-order valence-electron chi connectivity index (χ0n) is 14.8. The van der Waals surface area contributed by atoms with Crippen LogP contribution in [0.15, 0.2) is 9.52 Å². The molecule has 23 heavy (non-hydrogen) atoms. The molecule has 1 fully saturated rings. The molecule has 2 rings (SSSR count). The van der Waals surface area contributed by atoms with Crippen LogP contribution in [0.4, 0.5) is 0 Å². The van der Waals surface area contributed by atoms with Crippen molar-refractivity contribution in [1.29, 1.82) is 0 Å². The number of aliphatic imine (C=N–C) groups is 1. The summed E-state index contributed by atoms with van der Waals surface area (Å²) in [7, 11) is 0. The second kappa shape index (κ2) is 8.04. The standard InChI is InChI=1S/C16H29N5OS/c1-6-17-15(19-11-7-8-12(9-11)23-5)18-10-13-20-14(22-21-13)16(2,3)4/h11-12H,6-10H2,1-5H3,(H2,17,18,19). The summed E-state index contributed by atoms with van der Waals surface area (Å²) in [5.74, 6) is 2.11. The van der Waals surface area contributed by atoms with Gasteiger partial charge >= 0.3 is 0 Å². The molecule has 1 aliphatic carbocycles. The van der Waals surface area contributed by atoms with Crippen molar-refractivity contribution in [1.82, 2.24) is 20.8 Å². The van der Waals surface area contributed by atoms with Crippen molar-refractivity contribution in [3.8, 4) is 0 Å². The largest absolute Gasteiger partial charge is 0.357 e. The Balaban J connectivity index is 1.94. The molecule has 6 nitrogen and oxygen atoms in total. The van der Waals surface area contributed by atoms with Crippen LogP contribution >= 0.6 is 11.8 Å². The molecule has 0 aromatic carbocycles. The average molecular weight is 340 g/mol. The van der Waals surface area contributed by atoms with E-state index in [4.69, 9.17) is 4.52 Å². The van der Waals surface area contributed by atoms with Crippen LogP contribution in [0.3, 0.4) is 0 Å². The topological polar surface area (TPSA) is 75.3 Å². The number of hydrogen-bond donors (Lipinski definition) is 2. The summed E-state index contributed by atoms with van der Waals surface area (Å²) in [5, 5.41) is 11.6. The molecule has 1 aromatic rings. The van der Waals surface area contributed by atoms with E-state index in [0.29, 0.717) is 24.3 Å². The number of thioether (sulfide) groups is 1. The summed E-state index contributed by atoms with van der Waals surface area (Å²) in [6.07, 6.45) is 5.86. The lowest BCUT2D eigenvalue weighted by Gasteiger charge is -2.16. The van der Waals surface area contributed by atoms with E-state index >= 15 is 0 Å². The fraction of sp³-hybridized carbons (Fsp3) is 0.812. The Morgan fingerprint density at radius 1 is 1.39 bits per heavy atom. The Morgan fingerprint density at radius 3 is 2.74 bits per heavy atom. The minimum Gasteiger partial charge on any atom is -0.357 e. The van der Waals surface area contributed by atoms with Crippen LogP contribution in [-0.2, 0) is 12.0 Å². The highest BCUT2D eigenvalue weighted by molar-refractivity contribution is 7.99. The van der Waals surface area contributed by atoms with Gasteiger partial charge in [-0.2, -0.15) is 16.7 Å². The highest BCUT2D eigenvalue weighted by atomic mass is 32.2. The number of guanidine groups is 1. The molecular weight excluding hydrogens is 310 g/mol. The van der Waals surface area contributed by atoms with Crippen LogP contribution < -0.4 is 10.6 Å². The van der Waals surface area contributed by atoms with Crippen molar-refractivity contribution >= 4 is 17.7 Å². The number of aromatic nitrogens is 2. The first-order chi connectivity index (χ1) is 10.9. The maximum atomic E-state index is 5.31. The third kappa shape index (κ3) is 5.41. The van der Waals surface area contributed by atoms with Crippen molar-refractivity contribution in [2.45, 2.75) is 70.2 Å². The summed E-state index contributed by atoms with van der Waals surface area (Å²) < 4.78 is 5.31. The zero-order valence-corrected chi connectivity index (χ0v) is 15.7. The molecule has 0 radical (unpaired) electrons. The van der Waals surface area contributed by atoms with Crippen molar-refractivity contribution in [3.05, 3.63) is 11.7 Å². The third-order valence-electron chi connectivity index (χ3n) is 3.89. The Kier molecular flexibility index (Phi) is 6.33. The lowest BCUT2D eigenvalue weighted by atomic mass is 9.97. The summed E-state index contributed by atoms with van der Waals surface area (Å²) in [6, 6.07) is 0.501. The lowest BCUT2D eigenvalue weighted by molar-refractivity contribution is 0.318. The van der Waals surface area contributed by atoms with E-state index in [2.05, 4.69) is 59.7 Å². The van der Waals surface area contributed by atoms with Gasteiger partial charge in [0.15, 0.2) is 11.8 Å². The highest BCUT2D eigenvalue weighted by Crippen LogP contribution is 2.28. The Hall–Kier alpha value is -1.24. The first-order valence-corrected chi connectivity index (χ1v) is 9.62. The Labute approximate surface area is 143 Å². The van der Waals surface area contributed by atoms with Gasteiger partial charge in [-0.25, -0.2) is 4.99 Å². The summed E-state index contributed by atoms with van der Waals surface area (Å²) in [4.78, 5) is 9.02. The van der Waals surface area contributed by atoms with Crippen molar-refractivity contribution < 1.29 is 4.52 Å². The summed E-state index contributed by atoms with van der Waals surface area (Å²) >= 11 is 1.96. The number of nitrogens with one attached hydrogen (secondary N) is 2. The molecule has 2 unspecified atom stereocenters. The van der Waals surface area contributed by atoms with Crippen LogP contribution in [0.2, 0.25) is 0 Å². The maximum Gasteiger partial charge on any atom is 0.232 e. The van der Waals surface area contributed by atoms with E-state index in [1.807, 2.05) is 11.8 Å². The summed E-state index contributed by atoms with van der Waals surface area (Å²) in [6.45, 7) is 9.50. The zero-order chi connectivity index (χ0) is 16.9.